The van der Waals surface area contributed by atoms with Crippen molar-refractivity contribution >= 4 is 86.4 Å². The number of benzene rings is 2. The average Bonchev–Trinajstić information content (AvgIpc) is 2.98. The number of nitrogens with zero attached hydrogens (tertiary/aromatic N) is 2. The third kappa shape index (κ3) is 4.93. The molecule has 0 unspecified atom stereocenters. The van der Waals surface area contributed by atoms with Crippen molar-refractivity contribution in [3.8, 4) is 5.75 Å². The summed E-state index contributed by atoms with van der Waals surface area (Å²) < 4.78 is 11.7. The normalized spacial score (nSPS) is 14.6. The molecule has 2 aromatic carbocycles. The molecule has 0 atom stereocenters. The Labute approximate surface area is 196 Å². The van der Waals surface area contributed by atoms with Gasteiger partial charge in [-0.25, -0.2) is 9.79 Å². The first-order chi connectivity index (χ1) is 13.7. The molecule has 0 saturated heterocycles. The van der Waals surface area contributed by atoms with Gasteiger partial charge in [-0.2, -0.15) is 0 Å². The summed E-state index contributed by atoms with van der Waals surface area (Å²) in [6, 6.07) is 7.21. The Morgan fingerprint density at radius 3 is 2.52 bits per heavy atom. The molecule has 0 aliphatic carbocycles. The molecule has 0 bridgehead atoms. The van der Waals surface area contributed by atoms with Crippen molar-refractivity contribution in [1.82, 2.24) is 0 Å². The van der Waals surface area contributed by atoms with Crippen molar-refractivity contribution in [3.63, 3.8) is 0 Å². The van der Waals surface area contributed by atoms with Gasteiger partial charge in [0.15, 0.2) is 11.4 Å². The molecule has 0 fully saturated rings. The SMILES string of the molecule is CC(=O)Oc1c(I)cc(/C=C2\N=C(c3cc([N+](=O)[O-])ccc3Cl)OC2=O)cc1I. The van der Waals surface area contributed by atoms with Crippen LogP contribution in [0.5, 0.6) is 5.75 Å². The van der Waals surface area contributed by atoms with Gasteiger partial charge in [0, 0.05) is 19.1 Å². The van der Waals surface area contributed by atoms with E-state index in [0.29, 0.717) is 18.5 Å². The summed E-state index contributed by atoms with van der Waals surface area (Å²) in [5.41, 5.74) is 0.587. The number of nitro groups is 1. The first-order valence-electron chi connectivity index (χ1n) is 7.80. The Balaban J connectivity index is 1.99. The summed E-state index contributed by atoms with van der Waals surface area (Å²) in [6.07, 6.45) is 1.50. The lowest BCUT2D eigenvalue weighted by molar-refractivity contribution is -0.384. The number of rotatable bonds is 4. The van der Waals surface area contributed by atoms with Crippen LogP contribution in [0.3, 0.4) is 0 Å². The van der Waals surface area contributed by atoms with Crippen LogP contribution >= 0.6 is 56.8 Å². The second-order valence-electron chi connectivity index (χ2n) is 5.66. The van der Waals surface area contributed by atoms with Crippen LogP contribution in [0.4, 0.5) is 5.69 Å². The number of non-ortho nitro benzene ring substituents is 1. The number of cyclic esters (lactones) is 1. The van der Waals surface area contributed by atoms with Gasteiger partial charge in [0.25, 0.3) is 5.69 Å². The lowest BCUT2D eigenvalue weighted by Crippen LogP contribution is -2.06. The molecule has 0 spiro atoms. The Morgan fingerprint density at radius 1 is 1.28 bits per heavy atom. The fraction of sp³-hybridized carbons (Fsp3) is 0.0556. The molecule has 0 saturated carbocycles. The zero-order chi connectivity index (χ0) is 21.3. The van der Waals surface area contributed by atoms with Gasteiger partial charge in [-0.15, -0.1) is 0 Å². The first-order valence-corrected chi connectivity index (χ1v) is 10.3. The molecule has 29 heavy (non-hydrogen) atoms. The van der Waals surface area contributed by atoms with Gasteiger partial charge in [0.05, 0.1) is 22.6 Å². The third-order valence-corrected chi connectivity index (χ3v) is 5.51. The number of hydrogen-bond donors (Lipinski definition) is 0. The molecule has 0 aromatic heterocycles. The molecular formula is C18H9ClI2N2O6. The lowest BCUT2D eigenvalue weighted by Gasteiger charge is -2.08. The molecule has 148 valence electrons. The van der Waals surface area contributed by atoms with Crippen LogP contribution in [0.2, 0.25) is 5.02 Å². The standard InChI is InChI=1S/C18H9ClI2N2O6/c1-8(24)28-16-13(20)4-9(5-14(16)21)6-15-18(25)29-17(22-15)11-7-10(23(26)27)2-3-12(11)19/h2-7H,1H3/b15-6-. The maximum absolute atomic E-state index is 12.2. The van der Waals surface area contributed by atoms with Gasteiger partial charge in [-0.3, -0.25) is 14.9 Å². The van der Waals surface area contributed by atoms with E-state index >= 15 is 0 Å². The van der Waals surface area contributed by atoms with Gasteiger partial charge < -0.3 is 9.47 Å². The minimum Gasteiger partial charge on any atom is -0.424 e. The van der Waals surface area contributed by atoms with Crippen molar-refractivity contribution in [2.24, 2.45) is 4.99 Å². The number of ether oxygens (including phenoxy) is 2. The maximum Gasteiger partial charge on any atom is 0.363 e. The van der Waals surface area contributed by atoms with Gasteiger partial charge in [0.2, 0.25) is 5.90 Å². The predicted octanol–water partition coefficient (Wildman–Crippen LogP) is 4.73. The van der Waals surface area contributed by atoms with Gasteiger partial charge in [-0.05, 0) is 75.0 Å². The summed E-state index contributed by atoms with van der Waals surface area (Å²) in [4.78, 5) is 38.0. The molecule has 3 rings (SSSR count). The van der Waals surface area contributed by atoms with Crippen LogP contribution in [0.1, 0.15) is 18.1 Å². The fourth-order valence-electron chi connectivity index (χ4n) is 2.38. The van der Waals surface area contributed by atoms with Crippen LogP contribution in [-0.2, 0) is 14.3 Å². The van der Waals surface area contributed by atoms with E-state index in [-0.39, 0.29) is 27.9 Å². The van der Waals surface area contributed by atoms with Crippen LogP contribution < -0.4 is 4.74 Å². The Kier molecular flexibility index (Phi) is 6.53. The molecule has 1 heterocycles. The molecule has 2 aromatic rings. The number of esters is 2. The third-order valence-electron chi connectivity index (χ3n) is 3.58. The fourth-order valence-corrected chi connectivity index (χ4v) is 4.61. The van der Waals surface area contributed by atoms with E-state index in [1.807, 2.05) is 45.2 Å². The van der Waals surface area contributed by atoms with Crippen molar-refractivity contribution < 1.29 is 24.0 Å². The van der Waals surface area contributed by atoms with Crippen LogP contribution in [-0.4, -0.2) is 22.8 Å². The number of halogens is 3. The Morgan fingerprint density at radius 2 is 1.93 bits per heavy atom. The summed E-state index contributed by atoms with van der Waals surface area (Å²) in [5.74, 6) is -0.829. The molecule has 8 nitrogen and oxygen atoms in total. The van der Waals surface area contributed by atoms with E-state index < -0.39 is 16.9 Å². The summed E-state index contributed by atoms with van der Waals surface area (Å²) in [5, 5.41) is 11.1. The highest BCUT2D eigenvalue weighted by Crippen LogP contribution is 2.31. The minimum absolute atomic E-state index is 0.00871. The second-order valence-corrected chi connectivity index (χ2v) is 8.40. The molecule has 1 aliphatic heterocycles. The Bertz CT molecular complexity index is 1110. The van der Waals surface area contributed by atoms with E-state index in [9.17, 15) is 19.7 Å². The van der Waals surface area contributed by atoms with E-state index in [2.05, 4.69) is 4.99 Å². The van der Waals surface area contributed by atoms with Crippen LogP contribution in [0.15, 0.2) is 41.0 Å². The van der Waals surface area contributed by atoms with Gasteiger partial charge in [-0.1, -0.05) is 11.6 Å². The maximum atomic E-state index is 12.2. The highest BCUT2D eigenvalue weighted by atomic mass is 127. The lowest BCUT2D eigenvalue weighted by atomic mass is 10.2. The van der Waals surface area contributed by atoms with Gasteiger partial charge in [0.1, 0.15) is 0 Å². The highest BCUT2D eigenvalue weighted by Gasteiger charge is 2.27. The molecule has 1 aliphatic rings. The van der Waals surface area contributed by atoms with E-state index in [0.717, 1.165) is 0 Å². The molecule has 0 amide bonds. The first kappa shape index (κ1) is 21.6. The number of carbonyl (C=O) groups is 2. The summed E-state index contributed by atoms with van der Waals surface area (Å²) >= 11 is 10.1. The number of carbonyl (C=O) groups excluding carboxylic acids is 2. The number of aliphatic imine (C=N–C) groups is 1. The highest BCUT2D eigenvalue weighted by molar-refractivity contribution is 14.1. The largest absolute Gasteiger partial charge is 0.424 e. The quantitative estimate of drug-likeness (QED) is 0.120. The zero-order valence-corrected chi connectivity index (χ0v) is 19.5. The van der Waals surface area contributed by atoms with Crippen molar-refractivity contribution in [1.29, 1.82) is 0 Å². The average molecular weight is 639 g/mol. The second kappa shape index (κ2) is 8.75. The van der Waals surface area contributed by atoms with Crippen molar-refractivity contribution in [2.75, 3.05) is 0 Å². The topological polar surface area (TPSA) is 108 Å². The Hall–Kier alpha value is -2.06. The van der Waals surface area contributed by atoms with Gasteiger partial charge >= 0.3 is 11.9 Å². The zero-order valence-electron chi connectivity index (χ0n) is 14.4. The van der Waals surface area contributed by atoms with E-state index in [4.69, 9.17) is 21.1 Å². The van der Waals surface area contributed by atoms with Crippen LogP contribution in [0, 0.1) is 17.3 Å². The summed E-state index contributed by atoms with van der Waals surface area (Å²) in [6.45, 7) is 1.31. The number of nitro benzene ring substituents is 1. The predicted molar refractivity (Wildman–Crippen MR) is 122 cm³/mol. The molecular weight excluding hydrogens is 629 g/mol. The monoisotopic (exact) mass is 638 g/mol. The molecule has 0 N–H and O–H groups in total. The van der Waals surface area contributed by atoms with E-state index in [1.54, 1.807) is 12.1 Å². The molecule has 0 radical (unpaired) electrons. The smallest absolute Gasteiger partial charge is 0.363 e. The van der Waals surface area contributed by atoms with Crippen LogP contribution in [0.25, 0.3) is 6.08 Å². The summed E-state index contributed by atoms with van der Waals surface area (Å²) in [7, 11) is 0. The molecule has 11 heteroatoms. The van der Waals surface area contributed by atoms with E-state index in [1.165, 1.54) is 31.2 Å². The van der Waals surface area contributed by atoms with Crippen molar-refractivity contribution in [2.45, 2.75) is 6.92 Å². The van der Waals surface area contributed by atoms with Crippen molar-refractivity contribution in [3.05, 3.63) is 69.4 Å². The number of hydrogen-bond acceptors (Lipinski definition) is 7. The minimum atomic E-state index is -0.711.